The third kappa shape index (κ3) is 3.02. The maximum absolute atomic E-state index is 6.11. The summed E-state index contributed by atoms with van der Waals surface area (Å²) in [5.74, 6) is 0. The molecule has 108 valence electrons. The monoisotopic (exact) mass is 321 g/mol. The molecular weight excluding hydrogens is 309 g/mol. The van der Waals surface area contributed by atoms with Crippen molar-refractivity contribution in [2.45, 2.75) is 20.1 Å². The summed E-state index contributed by atoms with van der Waals surface area (Å²) < 4.78 is 7.28. The predicted molar refractivity (Wildman–Crippen MR) is 82.7 cm³/mol. The molecule has 2 aromatic heterocycles. The van der Waals surface area contributed by atoms with Gasteiger partial charge in [-0.05, 0) is 12.5 Å². The third-order valence-electron chi connectivity index (χ3n) is 3.19. The maximum atomic E-state index is 6.11. The highest BCUT2D eigenvalue weighted by Gasteiger charge is 2.13. The molecule has 21 heavy (non-hydrogen) atoms. The van der Waals surface area contributed by atoms with Crippen LogP contribution in [0, 0.1) is 6.92 Å². The molecule has 3 rings (SSSR count). The second-order valence-corrected chi connectivity index (χ2v) is 5.46. The average molecular weight is 322 g/mol. The Balaban J connectivity index is 1.78. The van der Waals surface area contributed by atoms with E-state index in [0.29, 0.717) is 29.2 Å². The van der Waals surface area contributed by atoms with E-state index in [-0.39, 0.29) is 0 Å². The number of aryl methyl sites for hydroxylation is 1. The number of hydrogen-bond donors (Lipinski definition) is 0. The number of ether oxygens (including phenoxy) is 1. The first-order valence-electron chi connectivity index (χ1n) is 6.47. The van der Waals surface area contributed by atoms with Crippen molar-refractivity contribution < 1.29 is 4.74 Å². The van der Waals surface area contributed by atoms with Gasteiger partial charge in [-0.25, -0.2) is 9.50 Å². The van der Waals surface area contributed by atoms with Crippen LogP contribution in [-0.4, -0.2) is 14.6 Å². The molecule has 0 saturated carbocycles. The zero-order chi connectivity index (χ0) is 14.8. The van der Waals surface area contributed by atoms with Crippen LogP contribution in [-0.2, 0) is 18.0 Å². The van der Waals surface area contributed by atoms with Gasteiger partial charge in [-0.15, -0.1) is 0 Å². The standard InChI is InChI=1S/C15H13Cl2N3O/c1-10-12(9-21-8-11-5-3-2-4-6-11)19-20-14(17)7-13(16)18-15(10)20/h2-7H,8-9H2,1H3. The van der Waals surface area contributed by atoms with Crippen molar-refractivity contribution in [3.05, 3.63) is 63.5 Å². The molecule has 3 aromatic rings. The lowest BCUT2D eigenvalue weighted by Gasteiger charge is -2.02. The Hall–Kier alpha value is -1.62. The molecule has 0 unspecified atom stereocenters. The molecule has 0 radical (unpaired) electrons. The summed E-state index contributed by atoms with van der Waals surface area (Å²) in [5.41, 5.74) is 3.51. The van der Waals surface area contributed by atoms with E-state index in [1.807, 2.05) is 37.3 Å². The molecule has 4 nitrogen and oxygen atoms in total. The molecule has 0 bridgehead atoms. The Labute approximate surface area is 132 Å². The average Bonchev–Trinajstić information content (AvgIpc) is 2.78. The molecule has 0 aliphatic carbocycles. The number of hydrogen-bond acceptors (Lipinski definition) is 3. The van der Waals surface area contributed by atoms with Crippen LogP contribution < -0.4 is 0 Å². The first-order valence-corrected chi connectivity index (χ1v) is 7.22. The van der Waals surface area contributed by atoms with Crippen molar-refractivity contribution in [2.24, 2.45) is 0 Å². The number of fused-ring (bicyclic) bond motifs is 1. The van der Waals surface area contributed by atoms with Gasteiger partial charge in [0.05, 0.1) is 18.9 Å². The zero-order valence-electron chi connectivity index (χ0n) is 11.4. The smallest absolute Gasteiger partial charge is 0.161 e. The molecule has 0 aliphatic rings. The summed E-state index contributed by atoms with van der Waals surface area (Å²) in [4.78, 5) is 4.25. The first kappa shape index (κ1) is 14.3. The quantitative estimate of drug-likeness (QED) is 0.680. The number of halogens is 2. The zero-order valence-corrected chi connectivity index (χ0v) is 12.9. The number of aromatic nitrogens is 3. The minimum Gasteiger partial charge on any atom is -0.370 e. The highest BCUT2D eigenvalue weighted by atomic mass is 35.5. The van der Waals surface area contributed by atoms with E-state index >= 15 is 0 Å². The molecule has 0 saturated heterocycles. The van der Waals surface area contributed by atoms with E-state index in [1.165, 1.54) is 0 Å². The molecule has 0 spiro atoms. The fourth-order valence-corrected chi connectivity index (χ4v) is 2.54. The van der Waals surface area contributed by atoms with Gasteiger partial charge in [0.2, 0.25) is 0 Å². The second-order valence-electron chi connectivity index (χ2n) is 4.69. The normalized spacial score (nSPS) is 11.2. The van der Waals surface area contributed by atoms with Crippen LogP contribution in [0.2, 0.25) is 10.3 Å². The van der Waals surface area contributed by atoms with Crippen LogP contribution in [0.15, 0.2) is 36.4 Å². The predicted octanol–water partition coefficient (Wildman–Crippen LogP) is 4.06. The molecule has 0 fully saturated rings. The minimum absolute atomic E-state index is 0.354. The van der Waals surface area contributed by atoms with Crippen LogP contribution in [0.4, 0.5) is 0 Å². The van der Waals surface area contributed by atoms with Gasteiger partial charge in [-0.1, -0.05) is 53.5 Å². The summed E-state index contributed by atoms with van der Waals surface area (Å²) in [6.07, 6.45) is 0. The fourth-order valence-electron chi connectivity index (χ4n) is 2.08. The van der Waals surface area contributed by atoms with Crippen LogP contribution in [0.25, 0.3) is 5.65 Å². The largest absolute Gasteiger partial charge is 0.370 e. The number of nitrogens with zero attached hydrogens (tertiary/aromatic N) is 3. The fraction of sp³-hybridized carbons (Fsp3) is 0.200. The van der Waals surface area contributed by atoms with Crippen molar-refractivity contribution in [1.29, 1.82) is 0 Å². The second kappa shape index (κ2) is 6.02. The molecular formula is C15H13Cl2N3O. The van der Waals surface area contributed by atoms with E-state index in [0.717, 1.165) is 16.8 Å². The summed E-state index contributed by atoms with van der Waals surface area (Å²) >= 11 is 12.0. The SMILES string of the molecule is Cc1c(COCc2ccccc2)nn2c(Cl)cc(Cl)nc12. The summed E-state index contributed by atoms with van der Waals surface area (Å²) in [6.45, 7) is 2.87. The van der Waals surface area contributed by atoms with Gasteiger partial charge < -0.3 is 4.74 Å². The van der Waals surface area contributed by atoms with Crippen LogP contribution in [0.3, 0.4) is 0 Å². The van der Waals surface area contributed by atoms with Crippen LogP contribution in [0.1, 0.15) is 16.8 Å². The van der Waals surface area contributed by atoms with E-state index in [9.17, 15) is 0 Å². The summed E-state index contributed by atoms with van der Waals surface area (Å²) in [5, 5.41) is 5.21. The van der Waals surface area contributed by atoms with Crippen molar-refractivity contribution >= 4 is 28.8 Å². The third-order valence-corrected chi connectivity index (χ3v) is 3.66. The van der Waals surface area contributed by atoms with Crippen molar-refractivity contribution in [2.75, 3.05) is 0 Å². The Kier molecular flexibility index (Phi) is 4.10. The first-order chi connectivity index (χ1) is 10.1. The molecule has 0 N–H and O–H groups in total. The van der Waals surface area contributed by atoms with Crippen molar-refractivity contribution in [3.8, 4) is 0 Å². The van der Waals surface area contributed by atoms with Gasteiger partial charge in [0.25, 0.3) is 0 Å². The Morgan fingerprint density at radius 2 is 1.90 bits per heavy atom. The highest BCUT2D eigenvalue weighted by molar-refractivity contribution is 6.33. The molecule has 0 atom stereocenters. The van der Waals surface area contributed by atoms with Gasteiger partial charge in [0, 0.05) is 11.6 Å². The topological polar surface area (TPSA) is 39.4 Å². The van der Waals surface area contributed by atoms with E-state index in [2.05, 4.69) is 10.1 Å². The Bertz CT molecular complexity index is 771. The van der Waals surface area contributed by atoms with Crippen molar-refractivity contribution in [3.63, 3.8) is 0 Å². The lowest BCUT2D eigenvalue weighted by Crippen LogP contribution is -1.97. The molecule has 6 heteroatoms. The Morgan fingerprint density at radius 1 is 1.14 bits per heavy atom. The van der Waals surface area contributed by atoms with Gasteiger partial charge in [-0.2, -0.15) is 5.10 Å². The summed E-state index contributed by atoms with van der Waals surface area (Å²) in [7, 11) is 0. The highest BCUT2D eigenvalue weighted by Crippen LogP contribution is 2.21. The van der Waals surface area contributed by atoms with Gasteiger partial charge >= 0.3 is 0 Å². The van der Waals surface area contributed by atoms with Gasteiger partial charge in [0.15, 0.2) is 5.65 Å². The van der Waals surface area contributed by atoms with Crippen LogP contribution >= 0.6 is 23.2 Å². The summed E-state index contributed by atoms with van der Waals surface area (Å²) in [6, 6.07) is 11.6. The van der Waals surface area contributed by atoms with Gasteiger partial charge in [0.1, 0.15) is 10.3 Å². The number of benzene rings is 1. The molecule has 0 aliphatic heterocycles. The molecule has 1 aromatic carbocycles. The van der Waals surface area contributed by atoms with E-state index in [1.54, 1.807) is 10.6 Å². The van der Waals surface area contributed by atoms with Gasteiger partial charge in [-0.3, -0.25) is 0 Å². The molecule has 0 amide bonds. The van der Waals surface area contributed by atoms with Crippen molar-refractivity contribution in [1.82, 2.24) is 14.6 Å². The lowest BCUT2D eigenvalue weighted by molar-refractivity contribution is 0.104. The van der Waals surface area contributed by atoms with Crippen LogP contribution in [0.5, 0.6) is 0 Å². The van der Waals surface area contributed by atoms with E-state index in [4.69, 9.17) is 27.9 Å². The number of rotatable bonds is 4. The maximum Gasteiger partial charge on any atom is 0.161 e. The Morgan fingerprint density at radius 3 is 2.67 bits per heavy atom. The minimum atomic E-state index is 0.354. The molecule has 2 heterocycles. The van der Waals surface area contributed by atoms with E-state index < -0.39 is 0 Å². The lowest BCUT2D eigenvalue weighted by atomic mass is 10.2.